The predicted octanol–water partition coefficient (Wildman–Crippen LogP) is 4.84. The highest BCUT2D eigenvalue weighted by molar-refractivity contribution is 6.35. The number of hydrogen-bond donors (Lipinski definition) is 1. The average Bonchev–Trinajstić information content (AvgIpc) is 2.56. The van der Waals surface area contributed by atoms with Crippen molar-refractivity contribution in [3.8, 4) is 0 Å². The third kappa shape index (κ3) is 5.87. The maximum absolute atomic E-state index is 12.1. The van der Waals surface area contributed by atoms with Gasteiger partial charge in [-0.25, -0.2) is 0 Å². The van der Waals surface area contributed by atoms with Crippen LogP contribution < -0.4 is 5.32 Å². The zero-order valence-electron chi connectivity index (χ0n) is 13.1. The summed E-state index contributed by atoms with van der Waals surface area (Å²) in [4.78, 5) is 14.3. The van der Waals surface area contributed by atoms with Gasteiger partial charge in [-0.1, -0.05) is 60.5 Å². The normalized spacial score (nSPS) is 10.8. The van der Waals surface area contributed by atoms with Crippen molar-refractivity contribution in [1.29, 1.82) is 0 Å². The van der Waals surface area contributed by atoms with Crippen molar-refractivity contribution in [3.05, 3.63) is 64.1 Å². The second-order valence-electron chi connectivity index (χ2n) is 5.28. The van der Waals surface area contributed by atoms with Crippen LogP contribution in [0.5, 0.6) is 0 Å². The Morgan fingerprint density at radius 2 is 1.87 bits per heavy atom. The molecule has 0 aliphatic rings. The molecule has 122 valence electrons. The Balaban J connectivity index is 1.86. The van der Waals surface area contributed by atoms with Gasteiger partial charge in [-0.2, -0.15) is 0 Å². The number of nitrogens with zero attached hydrogens (tertiary/aromatic N) is 1. The Labute approximate surface area is 147 Å². The molecule has 5 heteroatoms. The highest BCUT2D eigenvalue weighted by Crippen LogP contribution is 2.25. The maximum atomic E-state index is 12.1. The minimum atomic E-state index is -0.0688. The lowest BCUT2D eigenvalue weighted by atomic mass is 10.2. The Morgan fingerprint density at radius 3 is 2.57 bits per heavy atom. The van der Waals surface area contributed by atoms with Gasteiger partial charge in [-0.15, -0.1) is 0 Å². The summed E-state index contributed by atoms with van der Waals surface area (Å²) >= 11 is 12.0. The molecular weight excluding hydrogens is 331 g/mol. The summed E-state index contributed by atoms with van der Waals surface area (Å²) in [6, 6.07) is 15.3. The number of hydrogen-bond acceptors (Lipinski definition) is 2. The highest BCUT2D eigenvalue weighted by Gasteiger charge is 2.10. The van der Waals surface area contributed by atoms with E-state index in [1.165, 1.54) is 5.56 Å². The van der Waals surface area contributed by atoms with Gasteiger partial charge in [-0.05, 0) is 30.3 Å². The largest absolute Gasteiger partial charge is 0.325 e. The van der Waals surface area contributed by atoms with Gasteiger partial charge in [0.05, 0.1) is 10.7 Å². The molecule has 0 unspecified atom stereocenters. The number of amides is 1. The van der Waals surface area contributed by atoms with Crippen LogP contribution in [0.25, 0.3) is 0 Å². The van der Waals surface area contributed by atoms with Crippen LogP contribution in [0.15, 0.2) is 48.5 Å². The van der Waals surface area contributed by atoms with Crippen LogP contribution in [0.4, 0.5) is 5.69 Å². The zero-order chi connectivity index (χ0) is 16.7. The standard InChI is InChI=1S/C18H20Cl2N2O/c1-2-22(13-14-6-4-3-5-7-14)11-10-18(23)21-17-12-15(19)8-9-16(17)20/h3-9,12H,2,10-11,13H2,1H3,(H,21,23). The third-order valence-electron chi connectivity index (χ3n) is 3.55. The van der Waals surface area contributed by atoms with Crippen LogP contribution in [0, 0.1) is 0 Å². The predicted molar refractivity (Wildman–Crippen MR) is 97.1 cm³/mol. The Morgan fingerprint density at radius 1 is 1.13 bits per heavy atom. The Bertz CT molecular complexity index is 647. The van der Waals surface area contributed by atoms with Crippen LogP contribution in [-0.2, 0) is 11.3 Å². The molecule has 1 amide bonds. The van der Waals surface area contributed by atoms with E-state index in [1.807, 2.05) is 18.2 Å². The van der Waals surface area contributed by atoms with Crippen molar-refractivity contribution < 1.29 is 4.79 Å². The first kappa shape index (κ1) is 17.8. The number of carbonyl (C=O) groups is 1. The van der Waals surface area contributed by atoms with Crippen LogP contribution in [0.2, 0.25) is 10.0 Å². The number of rotatable bonds is 7. The third-order valence-corrected chi connectivity index (χ3v) is 4.12. The summed E-state index contributed by atoms with van der Waals surface area (Å²) < 4.78 is 0. The van der Waals surface area contributed by atoms with E-state index in [1.54, 1.807) is 18.2 Å². The minimum Gasteiger partial charge on any atom is -0.325 e. The van der Waals surface area contributed by atoms with E-state index >= 15 is 0 Å². The van der Waals surface area contributed by atoms with E-state index in [0.717, 1.165) is 13.1 Å². The average molecular weight is 351 g/mol. The monoisotopic (exact) mass is 350 g/mol. The van der Waals surface area contributed by atoms with Crippen molar-refractivity contribution >= 4 is 34.8 Å². The minimum absolute atomic E-state index is 0.0688. The second kappa shape index (κ2) is 8.92. The molecule has 0 atom stereocenters. The molecule has 0 aliphatic carbocycles. The molecule has 0 aliphatic heterocycles. The zero-order valence-corrected chi connectivity index (χ0v) is 14.6. The summed E-state index contributed by atoms with van der Waals surface area (Å²) in [7, 11) is 0. The smallest absolute Gasteiger partial charge is 0.225 e. The van der Waals surface area contributed by atoms with Gasteiger partial charge in [0.25, 0.3) is 0 Å². The van der Waals surface area contributed by atoms with E-state index in [2.05, 4.69) is 29.3 Å². The fraction of sp³-hybridized carbons (Fsp3) is 0.278. The molecule has 0 heterocycles. The first-order chi connectivity index (χ1) is 11.1. The van der Waals surface area contributed by atoms with Gasteiger partial charge >= 0.3 is 0 Å². The first-order valence-electron chi connectivity index (χ1n) is 7.59. The molecule has 0 radical (unpaired) electrons. The molecule has 2 aromatic carbocycles. The second-order valence-corrected chi connectivity index (χ2v) is 6.12. The van der Waals surface area contributed by atoms with Crippen molar-refractivity contribution in [3.63, 3.8) is 0 Å². The van der Waals surface area contributed by atoms with Crippen molar-refractivity contribution in [2.45, 2.75) is 19.9 Å². The molecule has 0 saturated heterocycles. The lowest BCUT2D eigenvalue weighted by molar-refractivity contribution is -0.116. The molecule has 0 saturated carbocycles. The molecule has 0 spiro atoms. The van der Waals surface area contributed by atoms with E-state index < -0.39 is 0 Å². The topological polar surface area (TPSA) is 32.3 Å². The van der Waals surface area contributed by atoms with E-state index in [0.29, 0.717) is 28.7 Å². The van der Waals surface area contributed by atoms with Crippen LogP contribution >= 0.6 is 23.2 Å². The molecule has 0 fully saturated rings. The summed E-state index contributed by atoms with van der Waals surface area (Å²) in [6.45, 7) is 4.51. The summed E-state index contributed by atoms with van der Waals surface area (Å²) in [5.41, 5.74) is 1.79. The summed E-state index contributed by atoms with van der Waals surface area (Å²) in [5, 5.41) is 3.84. The SMILES string of the molecule is CCN(CCC(=O)Nc1cc(Cl)ccc1Cl)Cc1ccccc1. The fourth-order valence-corrected chi connectivity index (χ4v) is 2.59. The van der Waals surface area contributed by atoms with Crippen molar-refractivity contribution in [2.75, 3.05) is 18.4 Å². The first-order valence-corrected chi connectivity index (χ1v) is 8.35. The Hall–Kier alpha value is -1.55. The quantitative estimate of drug-likeness (QED) is 0.774. The molecule has 0 bridgehead atoms. The molecule has 3 nitrogen and oxygen atoms in total. The van der Waals surface area contributed by atoms with Gasteiger partial charge in [0, 0.05) is 24.5 Å². The van der Waals surface area contributed by atoms with Gasteiger partial charge in [-0.3, -0.25) is 9.69 Å². The molecule has 1 N–H and O–H groups in total. The van der Waals surface area contributed by atoms with Crippen molar-refractivity contribution in [1.82, 2.24) is 4.90 Å². The fourth-order valence-electron chi connectivity index (χ4n) is 2.26. The highest BCUT2D eigenvalue weighted by atomic mass is 35.5. The van der Waals surface area contributed by atoms with Crippen LogP contribution in [0.3, 0.4) is 0 Å². The maximum Gasteiger partial charge on any atom is 0.225 e. The Kier molecular flexibility index (Phi) is 6.90. The number of anilines is 1. The summed E-state index contributed by atoms with van der Waals surface area (Å²) in [6.07, 6.45) is 0.406. The lowest BCUT2D eigenvalue weighted by Crippen LogP contribution is -2.27. The van der Waals surface area contributed by atoms with Gasteiger partial charge in [0.15, 0.2) is 0 Å². The van der Waals surface area contributed by atoms with E-state index in [9.17, 15) is 4.79 Å². The number of carbonyl (C=O) groups excluding carboxylic acids is 1. The number of benzene rings is 2. The number of nitrogens with one attached hydrogen (secondary N) is 1. The van der Waals surface area contributed by atoms with Crippen LogP contribution in [0.1, 0.15) is 18.9 Å². The van der Waals surface area contributed by atoms with Gasteiger partial charge in [0.1, 0.15) is 0 Å². The lowest BCUT2D eigenvalue weighted by Gasteiger charge is -2.20. The van der Waals surface area contributed by atoms with E-state index in [-0.39, 0.29) is 5.91 Å². The molecule has 2 aromatic rings. The molecule has 2 rings (SSSR count). The summed E-state index contributed by atoms with van der Waals surface area (Å²) in [5.74, 6) is -0.0688. The number of halogens is 2. The van der Waals surface area contributed by atoms with Crippen molar-refractivity contribution in [2.24, 2.45) is 0 Å². The van der Waals surface area contributed by atoms with E-state index in [4.69, 9.17) is 23.2 Å². The molecule has 23 heavy (non-hydrogen) atoms. The molecule has 0 aromatic heterocycles. The molecular formula is C18H20Cl2N2O. The van der Waals surface area contributed by atoms with Gasteiger partial charge in [0.2, 0.25) is 5.91 Å². The van der Waals surface area contributed by atoms with Crippen LogP contribution in [-0.4, -0.2) is 23.9 Å². The van der Waals surface area contributed by atoms with Gasteiger partial charge < -0.3 is 5.32 Å².